The Bertz CT molecular complexity index is 7860. The third-order valence-electron chi connectivity index (χ3n) is 22.0. The molecule has 3 aliphatic rings. The van der Waals surface area contributed by atoms with Crippen LogP contribution in [0.2, 0.25) is 0 Å². The summed E-state index contributed by atoms with van der Waals surface area (Å²) in [4.78, 5) is 83.9. The van der Waals surface area contributed by atoms with E-state index in [1.165, 1.54) is 36.4 Å². The van der Waals surface area contributed by atoms with Gasteiger partial charge in [0.05, 0.1) is 135 Å². The van der Waals surface area contributed by atoms with E-state index in [0.717, 1.165) is 82.8 Å². The van der Waals surface area contributed by atoms with Gasteiger partial charge >= 0.3 is 88.7 Å². The van der Waals surface area contributed by atoms with Crippen LogP contribution in [0.1, 0.15) is 95.5 Å². The molecule has 135 heavy (non-hydrogen) atoms. The molecule has 0 amide bonds. The molecule has 33 nitrogen and oxygen atoms in total. The number of nitrogens with one attached hydrogen (secondary N) is 3. The Hall–Kier alpha value is -12.5. The summed E-state index contributed by atoms with van der Waals surface area (Å²) in [6.07, 6.45) is 0. The van der Waals surface area contributed by atoms with Gasteiger partial charge in [-0.25, -0.2) is 25.3 Å². The van der Waals surface area contributed by atoms with E-state index in [1.54, 1.807) is 54.6 Å². The first-order chi connectivity index (χ1) is 63.5. The van der Waals surface area contributed by atoms with Crippen LogP contribution in [0.25, 0.3) is 85.5 Å². The number of nitrogens with two attached hydrogens (primary N) is 3. The molecule has 0 bridgehead atoms. The Morgan fingerprint density at radius 1 is 0.281 bits per heavy atom. The number of ketones is 6. The van der Waals surface area contributed by atoms with E-state index in [9.17, 15) is 67.7 Å². The molecule has 9 N–H and O–H groups in total. The van der Waals surface area contributed by atoms with Crippen LogP contribution in [0.15, 0.2) is 268 Å². The van der Waals surface area contributed by atoms with Crippen LogP contribution >= 0.6 is 0 Å². The first-order valence-corrected chi connectivity index (χ1v) is 44.9. The van der Waals surface area contributed by atoms with Gasteiger partial charge in [-0.15, -0.1) is 0 Å². The number of anilines is 9. The number of azide groups is 2. The van der Waals surface area contributed by atoms with Crippen molar-refractivity contribution >= 4 is 181 Å². The topological polar surface area (TPSA) is 541 Å². The molecular formula is C96H73N12Na3O21S3. The minimum absolute atomic E-state index is 0. The third-order valence-corrected chi connectivity index (χ3v) is 24.6. The first-order valence-electron chi connectivity index (χ1n) is 40.6. The number of rotatable bonds is 29. The van der Waals surface area contributed by atoms with Crippen molar-refractivity contribution in [3.63, 3.8) is 0 Å². The second-order valence-electron chi connectivity index (χ2n) is 30.3. The average molecular weight is 1900 g/mol. The van der Waals surface area contributed by atoms with Gasteiger partial charge in [-0.05, 0) is 191 Å². The Kier molecular flexibility index (Phi) is 31.8. The third kappa shape index (κ3) is 21.7. The number of carbonyl (C=O) groups is 6. The van der Waals surface area contributed by atoms with Crippen LogP contribution in [0.3, 0.4) is 0 Å². The Balaban J connectivity index is 0.000000171. The van der Waals surface area contributed by atoms with Gasteiger partial charge in [0.25, 0.3) is 0 Å². The molecule has 0 fully saturated rings. The van der Waals surface area contributed by atoms with Gasteiger partial charge in [-0.3, -0.25) is 28.8 Å². The first kappa shape index (κ1) is 99.9. The number of hydrogen-bond donors (Lipinski definition) is 6. The molecule has 18 rings (SSSR count). The standard InChI is InChI=1S/2C34H29N5O8S.C28H18N2O5S.3Na/c35-32-29(48(42,43)44)19-28(30-31(32)34(41)27-4-2-1-3-26(27)33(30)40)38-24-7-5-20-16-23-18-25(8-6-21(23)15-22(20)17-24)47-14-13-46-12-11-45-10-9-37-39-36;35-32-29(48(42,43)44)19-28(30-31(32)34(41)27-4-2-1-3-26(27)33(30)40)38-24-7-5-20-15-21-6-8-25(18-23(21)16-22(20)17-24)47-14-13-46-12-11-45-10-9-37-39-36;29-26-23(36(33,34)35)14-22(24-25(26)28(32)21-8-4-3-7-20(21)27(24)31)30-19-10-9-17-11-15-5-1-2-6-16(15)12-18(17)13-19;;;/h2*1-8,15-19,38H,9-14,35H2,(H,42,43,44);1-14,30H,29H2,(H,33,34,35);;;/q;;;3*+1/p-3. The van der Waals surface area contributed by atoms with E-state index in [4.69, 9.17) is 56.7 Å². The molecular weight excluding hydrogens is 1820 g/mol. The van der Waals surface area contributed by atoms with E-state index < -0.39 is 96.8 Å². The minimum Gasteiger partial charge on any atom is -0.744 e. The van der Waals surface area contributed by atoms with Gasteiger partial charge < -0.3 is 75.2 Å². The maximum Gasteiger partial charge on any atom is 1.00 e. The van der Waals surface area contributed by atoms with E-state index in [0.29, 0.717) is 94.6 Å². The number of ether oxygens (including phenoxy) is 6. The van der Waals surface area contributed by atoms with Crippen LogP contribution in [0.5, 0.6) is 11.5 Å². The molecule has 0 saturated carbocycles. The number of fused-ring (bicyclic) bond motifs is 12. The maximum absolute atomic E-state index is 13.6. The van der Waals surface area contributed by atoms with E-state index >= 15 is 0 Å². The fourth-order valence-corrected chi connectivity index (χ4v) is 17.8. The smallest absolute Gasteiger partial charge is 0.744 e. The van der Waals surface area contributed by atoms with Crippen LogP contribution < -0.4 is 131 Å². The van der Waals surface area contributed by atoms with Crippen molar-refractivity contribution in [2.45, 2.75) is 14.7 Å². The van der Waals surface area contributed by atoms with Gasteiger partial charge in [0.1, 0.15) is 55.1 Å². The summed E-state index contributed by atoms with van der Waals surface area (Å²) >= 11 is 0. The fourth-order valence-electron chi connectivity index (χ4n) is 15.9. The molecule has 3 aliphatic carbocycles. The monoisotopic (exact) mass is 1890 g/mol. The zero-order chi connectivity index (χ0) is 92.9. The second-order valence-corrected chi connectivity index (χ2v) is 34.3. The van der Waals surface area contributed by atoms with Crippen molar-refractivity contribution in [1.29, 1.82) is 0 Å². The number of benzene rings is 15. The van der Waals surface area contributed by atoms with Crippen LogP contribution in [-0.2, 0) is 49.3 Å². The van der Waals surface area contributed by atoms with Gasteiger partial charge in [0.15, 0.2) is 34.7 Å². The van der Waals surface area contributed by atoms with Crippen molar-refractivity contribution in [3.05, 3.63) is 330 Å². The van der Waals surface area contributed by atoms with Crippen LogP contribution in [-0.4, -0.2) is 153 Å². The predicted octanol–water partition coefficient (Wildman–Crippen LogP) is 7.45. The average Bonchev–Trinajstić information content (AvgIpc) is 0.735. The molecule has 0 heterocycles. The van der Waals surface area contributed by atoms with E-state index in [-0.39, 0.29) is 186 Å². The fraction of sp³-hybridized carbons (Fsp3) is 0.125. The van der Waals surface area contributed by atoms with Crippen molar-refractivity contribution in [1.82, 2.24) is 0 Å². The molecule has 0 unspecified atom stereocenters. The van der Waals surface area contributed by atoms with Crippen LogP contribution in [0.4, 0.5) is 51.2 Å². The Morgan fingerprint density at radius 2 is 0.511 bits per heavy atom. The van der Waals surface area contributed by atoms with Gasteiger partial charge in [-0.1, -0.05) is 138 Å². The zero-order valence-electron chi connectivity index (χ0n) is 72.3. The molecule has 0 aromatic heterocycles. The van der Waals surface area contributed by atoms with Crippen LogP contribution in [0, 0.1) is 0 Å². The quantitative estimate of drug-likeness (QED) is 0.00387. The summed E-state index contributed by atoms with van der Waals surface area (Å²) < 4.78 is 142. The summed E-state index contributed by atoms with van der Waals surface area (Å²) in [5, 5.41) is 27.2. The summed E-state index contributed by atoms with van der Waals surface area (Å²) in [6, 6.07) is 69.3. The van der Waals surface area contributed by atoms with E-state index in [2.05, 4.69) is 42.1 Å². The number of carbonyl (C=O) groups excluding carboxylic acids is 6. The summed E-state index contributed by atoms with van der Waals surface area (Å²) in [5.74, 6) is -2.11. The predicted molar refractivity (Wildman–Crippen MR) is 493 cm³/mol. The molecule has 0 aliphatic heterocycles. The SMILES string of the molecule is Nc1c(S(=O)(=O)[O-])cc(Nc2ccc3cc4ccccc4cc3c2)c2c1C(=O)c1ccccc1C2=O.[N-]=[N+]=NCCOCCOCCOc1ccc2cc3cc(Nc4cc(S(=O)(=O)[O-])c(N)c5c4C(=O)c4ccccc4C5=O)ccc3cc2c1.[N-]=[N+]=NCCOCCOCCOc1ccc2cc3ccc(Nc4cc(S(=O)(=O)[O-])c(N)c5c4C(=O)c4ccccc4C5=O)cc3cc2c1.[Na+].[Na+].[Na+]. The van der Waals surface area contributed by atoms with Gasteiger partial charge in [-0.2, -0.15) is 0 Å². The second kappa shape index (κ2) is 43.0. The molecule has 15 aromatic rings. The molecule has 0 radical (unpaired) electrons. The van der Waals surface area contributed by atoms with Crippen molar-refractivity contribution < 1.29 is 185 Å². The summed E-state index contributed by atoms with van der Waals surface area (Å²) in [5.41, 5.74) is 34.0. The maximum atomic E-state index is 13.6. The summed E-state index contributed by atoms with van der Waals surface area (Å²) in [7, 11) is -15.2. The Labute approximate surface area is 836 Å². The molecule has 39 heteroatoms. The molecule has 0 spiro atoms. The van der Waals surface area contributed by atoms with Gasteiger partial charge in [0.2, 0.25) is 0 Å². The minimum atomic E-state index is -5.10. The molecule has 15 aromatic carbocycles. The summed E-state index contributed by atoms with van der Waals surface area (Å²) in [6.45, 7) is 4.15. The van der Waals surface area contributed by atoms with Crippen molar-refractivity contribution in [2.24, 2.45) is 10.2 Å². The number of nitrogen functional groups attached to an aromatic ring is 3. The molecule has 664 valence electrons. The largest absolute Gasteiger partial charge is 1.00 e. The normalized spacial score (nSPS) is 12.3. The molecule has 0 atom stereocenters. The number of nitrogens with zero attached hydrogens (tertiary/aromatic N) is 6. The van der Waals surface area contributed by atoms with Crippen molar-refractivity contribution in [3.8, 4) is 11.5 Å². The number of hydrogen-bond acceptors (Lipinski definition) is 29. The zero-order valence-corrected chi connectivity index (χ0v) is 80.7. The molecule has 0 saturated heterocycles. The van der Waals surface area contributed by atoms with E-state index in [1.807, 2.05) is 127 Å². The van der Waals surface area contributed by atoms with Crippen molar-refractivity contribution in [2.75, 3.05) is 112 Å². The Morgan fingerprint density at radius 3 is 0.793 bits per heavy atom. The van der Waals surface area contributed by atoms with Gasteiger partial charge in [0, 0.05) is 73.4 Å².